The van der Waals surface area contributed by atoms with Crippen LogP contribution in [0.4, 0.5) is 5.69 Å². The summed E-state index contributed by atoms with van der Waals surface area (Å²) < 4.78 is 5.12. The Morgan fingerprint density at radius 1 is 1.30 bits per heavy atom. The van der Waals surface area contributed by atoms with Gasteiger partial charge in [0.2, 0.25) is 0 Å². The van der Waals surface area contributed by atoms with Crippen molar-refractivity contribution >= 4 is 52.2 Å². The van der Waals surface area contributed by atoms with Crippen LogP contribution in [0.5, 0.6) is 5.75 Å². The number of carboxylic acids is 1. The van der Waals surface area contributed by atoms with Crippen molar-refractivity contribution in [3.8, 4) is 5.75 Å². The summed E-state index contributed by atoms with van der Waals surface area (Å²) in [6.45, 7) is 0. The van der Waals surface area contributed by atoms with Crippen LogP contribution < -0.4 is 4.74 Å². The van der Waals surface area contributed by atoms with Crippen molar-refractivity contribution in [2.45, 2.75) is 0 Å². The lowest BCUT2D eigenvalue weighted by Crippen LogP contribution is -2.23. The molecule has 0 aromatic heterocycles. The second-order valence-electron chi connectivity index (χ2n) is 5.62. The van der Waals surface area contributed by atoms with Crippen molar-refractivity contribution in [2.75, 3.05) is 14.2 Å². The summed E-state index contributed by atoms with van der Waals surface area (Å²) >= 11 is 7.34. The molecular weight excluding hydrogens is 388 g/mol. The normalized spacial score (nSPS) is 17.0. The van der Waals surface area contributed by atoms with Gasteiger partial charge in [-0.25, -0.2) is 9.79 Å². The first-order chi connectivity index (χ1) is 12.9. The molecule has 1 N–H and O–H groups in total. The molecule has 0 atom stereocenters. The van der Waals surface area contributed by atoms with Gasteiger partial charge in [0.1, 0.15) is 5.75 Å². The van der Waals surface area contributed by atoms with E-state index in [-0.39, 0.29) is 11.5 Å². The molecule has 1 aliphatic heterocycles. The number of halogens is 1. The van der Waals surface area contributed by atoms with Gasteiger partial charge in [0.15, 0.2) is 5.17 Å². The Kier molecular flexibility index (Phi) is 5.53. The number of hydrogen-bond donors (Lipinski definition) is 1. The number of likely N-dealkylation sites (N-methyl/N-ethyl adjacent to an activating group) is 1. The first-order valence-corrected chi connectivity index (χ1v) is 9.01. The minimum Gasteiger partial charge on any atom is -0.495 e. The Morgan fingerprint density at radius 2 is 2.07 bits per heavy atom. The summed E-state index contributed by atoms with van der Waals surface area (Å²) in [4.78, 5) is 29.9. The highest BCUT2D eigenvalue weighted by Gasteiger charge is 2.30. The van der Waals surface area contributed by atoms with Crippen molar-refractivity contribution in [1.29, 1.82) is 0 Å². The molecule has 138 valence electrons. The minimum atomic E-state index is -1.03. The lowest BCUT2D eigenvalue weighted by molar-refractivity contribution is -0.121. The fourth-order valence-electron chi connectivity index (χ4n) is 2.39. The number of carbonyl (C=O) groups excluding carboxylic acids is 1. The quantitative estimate of drug-likeness (QED) is 0.772. The number of hydrogen-bond acceptors (Lipinski definition) is 5. The number of amidine groups is 1. The molecule has 1 fully saturated rings. The molecule has 2 aromatic rings. The van der Waals surface area contributed by atoms with Crippen LogP contribution in [0.1, 0.15) is 15.9 Å². The Balaban J connectivity index is 1.89. The molecule has 8 heteroatoms. The molecule has 27 heavy (non-hydrogen) atoms. The maximum Gasteiger partial charge on any atom is 0.335 e. The van der Waals surface area contributed by atoms with Crippen LogP contribution >= 0.6 is 23.4 Å². The number of benzene rings is 2. The highest BCUT2D eigenvalue weighted by Crippen LogP contribution is 2.34. The molecule has 2 aromatic carbocycles. The molecule has 0 spiro atoms. The third kappa shape index (κ3) is 4.15. The molecule has 1 saturated heterocycles. The van der Waals surface area contributed by atoms with E-state index >= 15 is 0 Å². The number of aromatic carboxylic acids is 1. The van der Waals surface area contributed by atoms with Gasteiger partial charge in [0.25, 0.3) is 5.91 Å². The van der Waals surface area contributed by atoms with Crippen molar-refractivity contribution < 1.29 is 19.4 Å². The SMILES string of the molecule is COc1ccc(/C=C2\SC(=Nc3cccc(C(=O)O)c3)N(C)C2=O)cc1Cl. The van der Waals surface area contributed by atoms with E-state index in [4.69, 9.17) is 21.4 Å². The Bertz CT molecular complexity index is 987. The van der Waals surface area contributed by atoms with Crippen LogP contribution in [0.25, 0.3) is 6.08 Å². The zero-order chi connectivity index (χ0) is 19.6. The van der Waals surface area contributed by atoms with Crippen molar-refractivity contribution in [1.82, 2.24) is 4.90 Å². The number of methoxy groups -OCH3 is 1. The lowest BCUT2D eigenvalue weighted by atomic mass is 10.2. The molecule has 0 radical (unpaired) electrons. The topological polar surface area (TPSA) is 79.2 Å². The third-order valence-corrected chi connectivity index (χ3v) is 5.15. The average Bonchev–Trinajstić information content (AvgIpc) is 2.90. The predicted octanol–water partition coefficient (Wildman–Crippen LogP) is 4.28. The number of carbonyl (C=O) groups is 2. The van der Waals surface area contributed by atoms with E-state index in [0.717, 1.165) is 5.56 Å². The summed E-state index contributed by atoms with van der Waals surface area (Å²) in [7, 11) is 3.16. The Morgan fingerprint density at radius 3 is 2.74 bits per heavy atom. The second kappa shape index (κ2) is 7.85. The molecule has 0 aliphatic carbocycles. The number of nitrogens with zero attached hydrogens (tertiary/aromatic N) is 2. The third-order valence-electron chi connectivity index (χ3n) is 3.80. The molecule has 1 amide bonds. The average molecular weight is 403 g/mol. The van der Waals surface area contributed by atoms with E-state index in [1.54, 1.807) is 43.5 Å². The molecular formula is C19H15ClN2O4S. The van der Waals surface area contributed by atoms with Crippen molar-refractivity contribution in [2.24, 2.45) is 4.99 Å². The first kappa shape index (κ1) is 19.0. The maximum atomic E-state index is 12.5. The Labute approximate surface area is 165 Å². The smallest absolute Gasteiger partial charge is 0.335 e. The highest BCUT2D eigenvalue weighted by atomic mass is 35.5. The van der Waals surface area contributed by atoms with Gasteiger partial charge < -0.3 is 9.84 Å². The van der Waals surface area contributed by atoms with Gasteiger partial charge in [-0.1, -0.05) is 23.7 Å². The zero-order valence-electron chi connectivity index (χ0n) is 14.5. The van der Waals surface area contributed by atoms with E-state index < -0.39 is 5.97 Å². The summed E-state index contributed by atoms with van der Waals surface area (Å²) in [5, 5.41) is 10.0. The monoisotopic (exact) mass is 402 g/mol. The van der Waals surface area contributed by atoms with Crippen LogP contribution in [-0.2, 0) is 4.79 Å². The molecule has 3 rings (SSSR count). The van der Waals surface area contributed by atoms with Gasteiger partial charge in [-0.05, 0) is 53.7 Å². The van der Waals surface area contributed by atoms with Crippen LogP contribution in [0, 0.1) is 0 Å². The lowest BCUT2D eigenvalue weighted by Gasteiger charge is -2.07. The van der Waals surface area contributed by atoms with Crippen LogP contribution in [0.2, 0.25) is 5.02 Å². The van der Waals surface area contributed by atoms with Crippen molar-refractivity contribution in [3.05, 3.63) is 63.5 Å². The fraction of sp³-hybridized carbons (Fsp3) is 0.105. The van der Waals surface area contributed by atoms with Crippen molar-refractivity contribution in [3.63, 3.8) is 0 Å². The second-order valence-corrected chi connectivity index (χ2v) is 7.03. The molecule has 1 heterocycles. The molecule has 1 aliphatic rings. The standard InChI is InChI=1S/C19H15ClN2O4S/c1-22-17(23)16(9-11-6-7-15(26-2)14(20)8-11)27-19(22)21-13-5-3-4-12(10-13)18(24)25/h3-10H,1-2H3,(H,24,25)/b16-9-,21-19?. The number of carboxylic acid groups (broad SMARTS) is 1. The molecule has 6 nitrogen and oxygen atoms in total. The summed E-state index contributed by atoms with van der Waals surface area (Å²) in [6, 6.07) is 11.5. The number of aliphatic imine (C=N–C) groups is 1. The summed E-state index contributed by atoms with van der Waals surface area (Å²) in [6.07, 6.45) is 1.73. The Hall–Kier alpha value is -2.77. The van der Waals surface area contributed by atoms with Gasteiger partial charge in [-0.15, -0.1) is 0 Å². The summed E-state index contributed by atoms with van der Waals surface area (Å²) in [5.74, 6) is -0.667. The molecule has 0 bridgehead atoms. The number of rotatable bonds is 4. The predicted molar refractivity (Wildman–Crippen MR) is 107 cm³/mol. The highest BCUT2D eigenvalue weighted by molar-refractivity contribution is 8.18. The van der Waals surface area contributed by atoms with Gasteiger partial charge in [0.05, 0.1) is 28.3 Å². The van der Waals surface area contributed by atoms with Gasteiger partial charge >= 0.3 is 5.97 Å². The van der Waals surface area contributed by atoms with E-state index in [1.807, 2.05) is 0 Å². The molecule has 0 unspecified atom stereocenters. The fourth-order valence-corrected chi connectivity index (χ4v) is 3.65. The van der Waals surface area contributed by atoms with E-state index in [9.17, 15) is 9.59 Å². The van der Waals surface area contributed by atoms with Crippen LogP contribution in [0.15, 0.2) is 52.4 Å². The maximum absolute atomic E-state index is 12.5. The van der Waals surface area contributed by atoms with E-state index in [2.05, 4.69) is 4.99 Å². The first-order valence-electron chi connectivity index (χ1n) is 7.82. The van der Waals surface area contributed by atoms with E-state index in [1.165, 1.54) is 35.9 Å². The largest absolute Gasteiger partial charge is 0.495 e. The number of amides is 1. The summed E-state index contributed by atoms with van der Waals surface area (Å²) in [5.41, 5.74) is 1.36. The number of ether oxygens (including phenoxy) is 1. The van der Waals surface area contributed by atoms with Gasteiger partial charge in [0, 0.05) is 7.05 Å². The van der Waals surface area contributed by atoms with E-state index in [0.29, 0.717) is 26.5 Å². The molecule has 0 saturated carbocycles. The van der Waals surface area contributed by atoms with Crippen LogP contribution in [0.3, 0.4) is 0 Å². The zero-order valence-corrected chi connectivity index (χ0v) is 16.0. The van der Waals surface area contributed by atoms with Gasteiger partial charge in [-0.3, -0.25) is 9.69 Å². The minimum absolute atomic E-state index is 0.137. The number of thioether (sulfide) groups is 1. The van der Waals surface area contributed by atoms with Crippen LogP contribution in [-0.4, -0.2) is 41.2 Å². The van der Waals surface area contributed by atoms with Gasteiger partial charge in [-0.2, -0.15) is 0 Å².